The third-order valence-electron chi connectivity index (χ3n) is 4.66. The Bertz CT molecular complexity index is 894. The SMILES string of the molecule is COc1ccc(-c2nc(C(=O)Nc3ccnn3C3CCCC3)cs2)cc1. The van der Waals surface area contributed by atoms with Gasteiger partial charge in [0.15, 0.2) is 0 Å². The molecule has 7 heteroatoms. The first kappa shape index (κ1) is 16.8. The van der Waals surface area contributed by atoms with Crippen LogP contribution in [-0.4, -0.2) is 27.8 Å². The third-order valence-corrected chi connectivity index (χ3v) is 5.55. The molecule has 1 aliphatic rings. The normalized spacial score (nSPS) is 14.5. The topological polar surface area (TPSA) is 69.0 Å². The molecule has 0 aliphatic heterocycles. The molecule has 0 bridgehead atoms. The summed E-state index contributed by atoms with van der Waals surface area (Å²) < 4.78 is 7.10. The van der Waals surface area contributed by atoms with Crippen LogP contribution >= 0.6 is 11.3 Å². The van der Waals surface area contributed by atoms with Crippen molar-refractivity contribution in [1.82, 2.24) is 14.8 Å². The second-order valence-corrected chi connectivity index (χ2v) is 7.18. The fourth-order valence-electron chi connectivity index (χ4n) is 3.28. The van der Waals surface area contributed by atoms with Crippen LogP contribution in [0.5, 0.6) is 5.75 Å². The number of methoxy groups -OCH3 is 1. The van der Waals surface area contributed by atoms with Crippen LogP contribution in [0.25, 0.3) is 10.6 Å². The largest absolute Gasteiger partial charge is 0.497 e. The van der Waals surface area contributed by atoms with E-state index in [9.17, 15) is 4.79 Å². The van der Waals surface area contributed by atoms with E-state index in [2.05, 4.69) is 15.4 Å². The molecule has 6 nitrogen and oxygen atoms in total. The number of anilines is 1. The van der Waals surface area contributed by atoms with Gasteiger partial charge in [-0.3, -0.25) is 4.79 Å². The number of nitrogens with one attached hydrogen (secondary N) is 1. The van der Waals surface area contributed by atoms with Gasteiger partial charge in [-0.2, -0.15) is 5.10 Å². The molecule has 0 spiro atoms. The van der Waals surface area contributed by atoms with E-state index in [0.29, 0.717) is 11.7 Å². The molecule has 2 heterocycles. The zero-order valence-corrected chi connectivity index (χ0v) is 15.3. The lowest BCUT2D eigenvalue weighted by Gasteiger charge is -2.14. The first-order valence-corrected chi connectivity index (χ1v) is 9.57. The lowest BCUT2D eigenvalue weighted by molar-refractivity contribution is 0.102. The van der Waals surface area contributed by atoms with Gasteiger partial charge in [0.25, 0.3) is 5.91 Å². The standard InChI is InChI=1S/C19H20N4O2S/c1-25-15-8-6-13(7-9-15)19-21-16(12-26-19)18(24)22-17-10-11-20-23(17)14-4-2-3-5-14/h6-12,14H,2-5H2,1H3,(H,22,24). The van der Waals surface area contributed by atoms with Crippen molar-refractivity contribution in [3.63, 3.8) is 0 Å². The van der Waals surface area contributed by atoms with Gasteiger partial charge in [0.2, 0.25) is 0 Å². The summed E-state index contributed by atoms with van der Waals surface area (Å²) in [5.74, 6) is 1.32. The Balaban J connectivity index is 1.49. The number of hydrogen-bond donors (Lipinski definition) is 1. The molecular formula is C19H20N4O2S. The van der Waals surface area contributed by atoms with Gasteiger partial charge >= 0.3 is 0 Å². The maximum atomic E-state index is 12.6. The lowest BCUT2D eigenvalue weighted by atomic mass is 10.2. The average molecular weight is 368 g/mol. The van der Waals surface area contributed by atoms with Gasteiger partial charge in [0.1, 0.15) is 22.3 Å². The molecule has 26 heavy (non-hydrogen) atoms. The fraction of sp³-hybridized carbons (Fsp3) is 0.316. The molecule has 2 aromatic heterocycles. The number of carbonyl (C=O) groups excluding carboxylic acids is 1. The minimum Gasteiger partial charge on any atom is -0.497 e. The van der Waals surface area contributed by atoms with Crippen molar-refractivity contribution in [2.75, 3.05) is 12.4 Å². The van der Waals surface area contributed by atoms with Gasteiger partial charge in [-0.25, -0.2) is 9.67 Å². The van der Waals surface area contributed by atoms with E-state index in [4.69, 9.17) is 4.74 Å². The molecule has 3 aromatic rings. The van der Waals surface area contributed by atoms with Crippen LogP contribution in [0.15, 0.2) is 41.9 Å². The average Bonchev–Trinajstić information content (AvgIpc) is 3.42. The van der Waals surface area contributed by atoms with Crippen molar-refractivity contribution in [1.29, 1.82) is 0 Å². The number of ether oxygens (including phenoxy) is 1. The number of hydrogen-bond acceptors (Lipinski definition) is 5. The van der Waals surface area contributed by atoms with Crippen LogP contribution in [0.4, 0.5) is 5.82 Å². The highest BCUT2D eigenvalue weighted by atomic mass is 32.1. The number of amides is 1. The minimum atomic E-state index is -0.208. The summed E-state index contributed by atoms with van der Waals surface area (Å²) in [7, 11) is 1.64. The molecule has 1 N–H and O–H groups in total. The van der Waals surface area contributed by atoms with Gasteiger partial charge in [0, 0.05) is 17.0 Å². The number of nitrogens with zero attached hydrogens (tertiary/aromatic N) is 3. The quantitative estimate of drug-likeness (QED) is 0.725. The molecule has 1 fully saturated rings. The molecule has 1 saturated carbocycles. The van der Waals surface area contributed by atoms with E-state index in [1.807, 2.05) is 35.0 Å². The predicted octanol–water partition coefficient (Wildman–Crippen LogP) is 4.38. The van der Waals surface area contributed by atoms with Crippen LogP contribution in [-0.2, 0) is 0 Å². The smallest absolute Gasteiger partial charge is 0.276 e. The summed E-state index contributed by atoms with van der Waals surface area (Å²) in [5.41, 5.74) is 1.38. The minimum absolute atomic E-state index is 0.208. The Morgan fingerprint density at radius 3 is 2.73 bits per heavy atom. The molecule has 4 rings (SSSR count). The number of benzene rings is 1. The lowest BCUT2D eigenvalue weighted by Crippen LogP contribution is -2.18. The second-order valence-electron chi connectivity index (χ2n) is 6.32. The van der Waals surface area contributed by atoms with Crippen molar-refractivity contribution in [2.24, 2.45) is 0 Å². The van der Waals surface area contributed by atoms with E-state index >= 15 is 0 Å². The van der Waals surface area contributed by atoms with E-state index in [1.54, 1.807) is 18.7 Å². The van der Waals surface area contributed by atoms with E-state index in [1.165, 1.54) is 24.2 Å². The molecule has 134 valence electrons. The monoisotopic (exact) mass is 368 g/mol. The molecule has 0 saturated heterocycles. The third kappa shape index (κ3) is 3.35. The van der Waals surface area contributed by atoms with E-state index in [0.717, 1.165) is 35.0 Å². The van der Waals surface area contributed by atoms with E-state index in [-0.39, 0.29) is 5.91 Å². The van der Waals surface area contributed by atoms with Gasteiger partial charge in [-0.1, -0.05) is 12.8 Å². The maximum Gasteiger partial charge on any atom is 0.276 e. The summed E-state index contributed by atoms with van der Waals surface area (Å²) in [6.45, 7) is 0. The van der Waals surface area contributed by atoms with Crippen LogP contribution < -0.4 is 10.1 Å². The highest BCUT2D eigenvalue weighted by Crippen LogP contribution is 2.31. The van der Waals surface area contributed by atoms with E-state index < -0.39 is 0 Å². The Labute approximate surface area is 155 Å². The van der Waals surface area contributed by atoms with Gasteiger partial charge < -0.3 is 10.1 Å². The summed E-state index contributed by atoms with van der Waals surface area (Å²) in [5, 5.41) is 9.93. The summed E-state index contributed by atoms with van der Waals surface area (Å²) in [4.78, 5) is 17.1. The summed E-state index contributed by atoms with van der Waals surface area (Å²) in [6.07, 6.45) is 6.40. The molecular weight excluding hydrogens is 348 g/mol. The molecule has 0 radical (unpaired) electrons. The fourth-order valence-corrected chi connectivity index (χ4v) is 4.08. The Morgan fingerprint density at radius 1 is 1.23 bits per heavy atom. The molecule has 1 aromatic carbocycles. The zero-order chi connectivity index (χ0) is 17.9. The second kappa shape index (κ2) is 7.29. The number of carbonyl (C=O) groups is 1. The van der Waals surface area contributed by atoms with Crippen molar-refractivity contribution in [2.45, 2.75) is 31.7 Å². The van der Waals surface area contributed by atoms with Gasteiger partial charge in [0.05, 0.1) is 19.3 Å². The van der Waals surface area contributed by atoms with Crippen molar-refractivity contribution < 1.29 is 9.53 Å². The Morgan fingerprint density at radius 2 is 2.00 bits per heavy atom. The Hall–Kier alpha value is -2.67. The van der Waals surface area contributed by atoms with Crippen molar-refractivity contribution in [3.8, 4) is 16.3 Å². The summed E-state index contributed by atoms with van der Waals surface area (Å²) in [6, 6.07) is 9.87. The molecule has 1 amide bonds. The first-order chi connectivity index (χ1) is 12.7. The van der Waals surface area contributed by atoms with Crippen LogP contribution in [0.1, 0.15) is 42.2 Å². The highest BCUT2D eigenvalue weighted by molar-refractivity contribution is 7.13. The zero-order valence-electron chi connectivity index (χ0n) is 14.5. The molecule has 1 aliphatic carbocycles. The van der Waals surface area contributed by atoms with Crippen LogP contribution in [0.2, 0.25) is 0 Å². The van der Waals surface area contributed by atoms with Crippen molar-refractivity contribution >= 4 is 23.1 Å². The van der Waals surface area contributed by atoms with Crippen LogP contribution in [0, 0.1) is 0 Å². The van der Waals surface area contributed by atoms with Crippen molar-refractivity contribution in [3.05, 3.63) is 47.6 Å². The van der Waals surface area contributed by atoms with Crippen LogP contribution in [0.3, 0.4) is 0 Å². The number of rotatable bonds is 5. The highest BCUT2D eigenvalue weighted by Gasteiger charge is 2.21. The number of thiazole rings is 1. The van der Waals surface area contributed by atoms with Gasteiger partial charge in [-0.15, -0.1) is 11.3 Å². The Kier molecular flexibility index (Phi) is 4.71. The summed E-state index contributed by atoms with van der Waals surface area (Å²) >= 11 is 1.45. The predicted molar refractivity (Wildman–Crippen MR) is 102 cm³/mol. The maximum absolute atomic E-state index is 12.6. The van der Waals surface area contributed by atoms with Gasteiger partial charge in [-0.05, 0) is 37.1 Å². The number of aromatic nitrogens is 3. The first-order valence-electron chi connectivity index (χ1n) is 8.69. The molecule has 0 unspecified atom stereocenters. The molecule has 0 atom stereocenters.